The van der Waals surface area contributed by atoms with Crippen LogP contribution >= 0.6 is 0 Å². The zero-order chi connectivity index (χ0) is 12.8. The van der Waals surface area contributed by atoms with Gasteiger partial charge in [-0.2, -0.15) is 0 Å². The van der Waals surface area contributed by atoms with Crippen LogP contribution in [0.2, 0.25) is 0 Å². The summed E-state index contributed by atoms with van der Waals surface area (Å²) in [5.74, 6) is 1.64. The fourth-order valence-corrected chi connectivity index (χ4v) is 4.44. The van der Waals surface area contributed by atoms with E-state index in [2.05, 4.69) is 17.5 Å². The maximum atomic E-state index is 11.4. The Morgan fingerprint density at radius 2 is 2.00 bits per heavy atom. The van der Waals surface area contributed by atoms with Gasteiger partial charge in [-0.05, 0) is 37.5 Å². The molecule has 5 heteroatoms. The largest absolute Gasteiger partial charge is 0.311 e. The van der Waals surface area contributed by atoms with Crippen LogP contribution < -0.4 is 5.32 Å². The van der Waals surface area contributed by atoms with Crippen LogP contribution in [0.1, 0.15) is 25.7 Å². The van der Waals surface area contributed by atoms with Crippen LogP contribution in [-0.2, 0) is 10.0 Å². The Kier molecular flexibility index (Phi) is 3.24. The molecule has 3 rings (SSSR count). The topological polar surface area (TPSA) is 49.4 Å². The summed E-state index contributed by atoms with van der Waals surface area (Å²) >= 11 is 0. The number of sulfonamides is 1. The lowest BCUT2D eigenvalue weighted by molar-refractivity contribution is 0.136. The maximum absolute atomic E-state index is 11.4. The van der Waals surface area contributed by atoms with Gasteiger partial charge in [0.2, 0.25) is 10.0 Å². The maximum Gasteiger partial charge on any atom is 0.211 e. The summed E-state index contributed by atoms with van der Waals surface area (Å²) in [4.78, 5) is 0. The third-order valence-corrected chi connectivity index (χ3v) is 6.04. The fourth-order valence-electron chi connectivity index (χ4n) is 3.56. The molecule has 3 unspecified atom stereocenters. The SMILES string of the molecule is CS(=O)(=O)N1CCC(NC2CC3CC=CC32)CC1. The quantitative estimate of drug-likeness (QED) is 0.777. The van der Waals surface area contributed by atoms with Gasteiger partial charge in [0, 0.05) is 25.2 Å². The van der Waals surface area contributed by atoms with Gasteiger partial charge in [0.25, 0.3) is 0 Å². The van der Waals surface area contributed by atoms with Crippen molar-refractivity contribution in [3.8, 4) is 0 Å². The van der Waals surface area contributed by atoms with E-state index in [4.69, 9.17) is 0 Å². The van der Waals surface area contributed by atoms with Gasteiger partial charge in [-0.25, -0.2) is 12.7 Å². The minimum Gasteiger partial charge on any atom is -0.311 e. The molecule has 1 saturated heterocycles. The van der Waals surface area contributed by atoms with Gasteiger partial charge in [0.15, 0.2) is 0 Å². The number of hydrogen-bond acceptors (Lipinski definition) is 3. The molecule has 3 aliphatic rings. The van der Waals surface area contributed by atoms with Crippen molar-refractivity contribution in [3.05, 3.63) is 12.2 Å². The van der Waals surface area contributed by atoms with Gasteiger partial charge in [-0.1, -0.05) is 12.2 Å². The summed E-state index contributed by atoms with van der Waals surface area (Å²) < 4.78 is 24.5. The second kappa shape index (κ2) is 4.62. The molecule has 0 aromatic rings. The molecule has 2 fully saturated rings. The molecule has 0 bridgehead atoms. The fraction of sp³-hybridized carbons (Fsp3) is 0.846. The Hall–Kier alpha value is -0.390. The number of rotatable bonds is 3. The molecule has 0 amide bonds. The summed E-state index contributed by atoms with van der Waals surface area (Å²) in [5, 5.41) is 3.73. The molecule has 1 N–H and O–H groups in total. The first-order valence-electron chi connectivity index (χ1n) is 6.92. The molecule has 102 valence electrons. The van der Waals surface area contributed by atoms with Crippen molar-refractivity contribution in [2.24, 2.45) is 11.8 Å². The van der Waals surface area contributed by atoms with Crippen molar-refractivity contribution in [2.45, 2.75) is 37.8 Å². The third-order valence-electron chi connectivity index (χ3n) is 4.74. The Morgan fingerprint density at radius 1 is 1.28 bits per heavy atom. The standard InChI is InChI=1S/C13H22N2O2S/c1-18(16,17)15-7-5-11(6-8-15)14-13-9-10-3-2-4-12(10)13/h2,4,10-14H,3,5-9H2,1H3. The number of piperidine rings is 1. The first-order chi connectivity index (χ1) is 8.54. The van der Waals surface area contributed by atoms with Gasteiger partial charge >= 0.3 is 0 Å². The van der Waals surface area contributed by atoms with Crippen molar-refractivity contribution in [1.29, 1.82) is 0 Å². The average Bonchev–Trinajstić information content (AvgIpc) is 2.67. The molecule has 1 aliphatic heterocycles. The van der Waals surface area contributed by atoms with Crippen LogP contribution in [0.4, 0.5) is 0 Å². The van der Waals surface area contributed by atoms with E-state index in [1.54, 1.807) is 4.31 Å². The van der Waals surface area contributed by atoms with E-state index in [1.807, 2.05) is 0 Å². The second-order valence-electron chi connectivity index (χ2n) is 5.95. The Balaban J connectivity index is 1.48. The highest BCUT2D eigenvalue weighted by Gasteiger charge is 2.42. The lowest BCUT2D eigenvalue weighted by Crippen LogP contribution is -2.54. The molecular weight excluding hydrogens is 248 g/mol. The Morgan fingerprint density at radius 3 is 2.61 bits per heavy atom. The Bertz CT molecular complexity index is 438. The van der Waals surface area contributed by atoms with Gasteiger partial charge < -0.3 is 5.32 Å². The van der Waals surface area contributed by atoms with Crippen LogP contribution in [0.25, 0.3) is 0 Å². The molecular formula is C13H22N2O2S. The van der Waals surface area contributed by atoms with Crippen molar-refractivity contribution >= 4 is 10.0 Å². The molecule has 0 aromatic heterocycles. The molecule has 0 radical (unpaired) electrons. The number of hydrogen-bond donors (Lipinski definition) is 1. The summed E-state index contributed by atoms with van der Waals surface area (Å²) in [6, 6.07) is 1.14. The zero-order valence-corrected chi connectivity index (χ0v) is 11.7. The van der Waals surface area contributed by atoms with Gasteiger partial charge in [0.05, 0.1) is 6.26 Å². The van der Waals surface area contributed by atoms with Gasteiger partial charge in [0.1, 0.15) is 0 Å². The van der Waals surface area contributed by atoms with Gasteiger partial charge in [-0.3, -0.25) is 0 Å². The van der Waals surface area contributed by atoms with Crippen LogP contribution in [0.15, 0.2) is 12.2 Å². The first kappa shape index (κ1) is 12.6. The Labute approximate surface area is 109 Å². The zero-order valence-electron chi connectivity index (χ0n) is 10.9. The van der Waals surface area contributed by atoms with E-state index in [0.717, 1.165) is 24.7 Å². The van der Waals surface area contributed by atoms with E-state index in [9.17, 15) is 8.42 Å². The molecule has 18 heavy (non-hydrogen) atoms. The number of fused-ring (bicyclic) bond motifs is 1. The number of nitrogens with one attached hydrogen (secondary N) is 1. The second-order valence-corrected chi connectivity index (χ2v) is 7.93. The van der Waals surface area contributed by atoms with E-state index >= 15 is 0 Å². The molecule has 1 heterocycles. The smallest absolute Gasteiger partial charge is 0.211 e. The summed E-state index contributed by atoms with van der Waals surface area (Å²) in [5.41, 5.74) is 0. The highest BCUT2D eigenvalue weighted by molar-refractivity contribution is 7.88. The highest BCUT2D eigenvalue weighted by Crippen LogP contribution is 2.43. The van der Waals surface area contributed by atoms with Crippen molar-refractivity contribution < 1.29 is 8.42 Å². The molecule has 2 aliphatic carbocycles. The summed E-state index contributed by atoms with van der Waals surface area (Å²) in [7, 11) is -2.99. The lowest BCUT2D eigenvalue weighted by Gasteiger charge is -2.44. The van der Waals surface area contributed by atoms with E-state index < -0.39 is 10.0 Å². The molecule has 1 saturated carbocycles. The minimum atomic E-state index is -2.99. The predicted octanol–water partition coefficient (Wildman–Crippen LogP) is 0.965. The summed E-state index contributed by atoms with van der Waals surface area (Å²) in [6.07, 6.45) is 10.4. The predicted molar refractivity (Wildman–Crippen MR) is 71.7 cm³/mol. The van der Waals surface area contributed by atoms with Crippen molar-refractivity contribution in [3.63, 3.8) is 0 Å². The van der Waals surface area contributed by atoms with Crippen LogP contribution in [-0.4, -0.2) is 44.2 Å². The van der Waals surface area contributed by atoms with E-state index in [-0.39, 0.29) is 0 Å². The molecule has 0 aromatic carbocycles. The van der Waals surface area contributed by atoms with Crippen molar-refractivity contribution in [2.75, 3.05) is 19.3 Å². The molecule has 0 spiro atoms. The number of nitrogens with zero attached hydrogens (tertiary/aromatic N) is 1. The van der Waals surface area contributed by atoms with E-state index in [0.29, 0.717) is 25.2 Å². The minimum absolute atomic E-state index is 0.503. The highest BCUT2D eigenvalue weighted by atomic mass is 32.2. The van der Waals surface area contributed by atoms with E-state index in [1.165, 1.54) is 19.1 Å². The lowest BCUT2D eigenvalue weighted by atomic mass is 9.71. The normalized spacial score (nSPS) is 37.5. The third kappa shape index (κ3) is 2.36. The molecule has 4 nitrogen and oxygen atoms in total. The summed E-state index contributed by atoms with van der Waals surface area (Å²) in [6.45, 7) is 1.35. The first-order valence-corrected chi connectivity index (χ1v) is 8.77. The van der Waals surface area contributed by atoms with Crippen LogP contribution in [0.5, 0.6) is 0 Å². The van der Waals surface area contributed by atoms with Crippen LogP contribution in [0.3, 0.4) is 0 Å². The van der Waals surface area contributed by atoms with Gasteiger partial charge in [-0.15, -0.1) is 0 Å². The number of allylic oxidation sites excluding steroid dienone is 1. The van der Waals surface area contributed by atoms with Crippen LogP contribution in [0, 0.1) is 11.8 Å². The monoisotopic (exact) mass is 270 g/mol. The molecule has 3 atom stereocenters. The average molecular weight is 270 g/mol. The van der Waals surface area contributed by atoms with Crippen molar-refractivity contribution in [1.82, 2.24) is 9.62 Å².